The summed E-state index contributed by atoms with van der Waals surface area (Å²) in [5.74, 6) is -0.381. The lowest BCUT2D eigenvalue weighted by Gasteiger charge is -2.28. The van der Waals surface area contributed by atoms with Gasteiger partial charge in [-0.05, 0) is 57.9 Å². The molecule has 0 aliphatic carbocycles. The fraction of sp³-hybridized carbons (Fsp3) is 0.529. The van der Waals surface area contributed by atoms with Gasteiger partial charge in [-0.15, -0.1) is 0 Å². The molecule has 0 radical (unpaired) electrons. The second-order valence-corrected chi connectivity index (χ2v) is 7.49. The molecule has 1 fully saturated rings. The number of hydrogen-bond acceptors (Lipinski definition) is 4. The molecule has 0 bridgehead atoms. The molecule has 1 aromatic carbocycles. The zero-order chi connectivity index (χ0) is 17.0. The molecule has 5 nitrogen and oxygen atoms in total. The predicted molar refractivity (Wildman–Crippen MR) is 90.4 cm³/mol. The number of carbonyl (C=O) groups is 2. The molecule has 0 unspecified atom stereocenters. The van der Waals surface area contributed by atoms with E-state index in [1.807, 2.05) is 20.8 Å². The minimum atomic E-state index is -0.529. The normalized spacial score (nSPS) is 17.9. The number of benzene rings is 1. The lowest BCUT2D eigenvalue weighted by molar-refractivity contribution is 0.0106. The summed E-state index contributed by atoms with van der Waals surface area (Å²) in [5, 5.41) is 0. The molecule has 1 amide bonds. The first kappa shape index (κ1) is 17.8. The van der Waals surface area contributed by atoms with Gasteiger partial charge in [0, 0.05) is 11.0 Å². The van der Waals surface area contributed by atoms with Gasteiger partial charge in [0.1, 0.15) is 12.2 Å². The molecule has 0 saturated carbocycles. The van der Waals surface area contributed by atoms with Gasteiger partial charge in [-0.25, -0.2) is 9.59 Å². The van der Waals surface area contributed by atoms with E-state index in [9.17, 15) is 9.59 Å². The van der Waals surface area contributed by atoms with Crippen LogP contribution in [0.5, 0.6) is 0 Å². The molecule has 1 heterocycles. The van der Waals surface area contributed by atoms with Crippen molar-refractivity contribution in [3.8, 4) is 0 Å². The monoisotopic (exact) mass is 383 g/mol. The van der Waals surface area contributed by atoms with Crippen molar-refractivity contribution in [3.05, 3.63) is 34.3 Å². The van der Waals surface area contributed by atoms with Gasteiger partial charge in [0.05, 0.1) is 11.6 Å². The highest BCUT2D eigenvalue weighted by molar-refractivity contribution is 9.10. The summed E-state index contributed by atoms with van der Waals surface area (Å²) >= 11 is 3.32. The van der Waals surface area contributed by atoms with Crippen molar-refractivity contribution in [2.75, 3.05) is 13.2 Å². The third-order valence-electron chi connectivity index (χ3n) is 3.49. The fourth-order valence-corrected chi connectivity index (χ4v) is 2.68. The van der Waals surface area contributed by atoms with E-state index in [0.29, 0.717) is 12.1 Å². The molecule has 0 spiro atoms. The Morgan fingerprint density at radius 1 is 1.26 bits per heavy atom. The number of amides is 1. The van der Waals surface area contributed by atoms with Crippen LogP contribution in [0.15, 0.2) is 28.7 Å². The molecular weight excluding hydrogens is 362 g/mol. The minimum absolute atomic E-state index is 0.121. The highest BCUT2D eigenvalue weighted by Crippen LogP contribution is 2.21. The van der Waals surface area contributed by atoms with Crippen LogP contribution in [0.4, 0.5) is 4.79 Å². The maximum absolute atomic E-state index is 12.2. The van der Waals surface area contributed by atoms with E-state index < -0.39 is 5.60 Å². The molecule has 1 aliphatic rings. The molecule has 6 heteroatoms. The average molecular weight is 384 g/mol. The van der Waals surface area contributed by atoms with Crippen LogP contribution in [0.3, 0.4) is 0 Å². The highest BCUT2D eigenvalue weighted by atomic mass is 79.9. The van der Waals surface area contributed by atoms with Crippen molar-refractivity contribution in [3.63, 3.8) is 0 Å². The minimum Gasteiger partial charge on any atom is -0.460 e. The highest BCUT2D eigenvalue weighted by Gasteiger charge is 2.33. The second kappa shape index (κ2) is 7.34. The van der Waals surface area contributed by atoms with Gasteiger partial charge in [0.25, 0.3) is 0 Å². The van der Waals surface area contributed by atoms with Crippen LogP contribution in [0, 0.1) is 0 Å². The quantitative estimate of drug-likeness (QED) is 0.739. The molecular formula is C17H22BrNO4. The smallest absolute Gasteiger partial charge is 0.410 e. The number of carbonyl (C=O) groups excluding carboxylic acids is 2. The van der Waals surface area contributed by atoms with Crippen LogP contribution >= 0.6 is 15.9 Å². The van der Waals surface area contributed by atoms with Crippen molar-refractivity contribution >= 4 is 28.0 Å². The molecule has 1 saturated heterocycles. The molecule has 0 aromatic heterocycles. The first-order valence-corrected chi connectivity index (χ1v) is 8.48. The lowest BCUT2D eigenvalue weighted by atomic mass is 10.2. The number of ether oxygens (including phenoxy) is 2. The SMILES string of the molecule is CC(C)(C)OC(=O)N1CCC[C@H]1COC(=O)c1ccc(Br)cc1. The Balaban J connectivity index is 1.90. The number of likely N-dealkylation sites (tertiary alicyclic amines) is 1. The Labute approximate surface area is 145 Å². The average Bonchev–Trinajstić information content (AvgIpc) is 2.92. The van der Waals surface area contributed by atoms with E-state index in [1.165, 1.54) is 0 Å². The Morgan fingerprint density at radius 2 is 1.91 bits per heavy atom. The van der Waals surface area contributed by atoms with Crippen LogP contribution in [-0.2, 0) is 9.47 Å². The zero-order valence-corrected chi connectivity index (χ0v) is 15.3. The van der Waals surface area contributed by atoms with E-state index in [-0.39, 0.29) is 24.7 Å². The van der Waals surface area contributed by atoms with Crippen LogP contribution in [0.1, 0.15) is 44.0 Å². The summed E-state index contributed by atoms with van der Waals surface area (Å²) in [6, 6.07) is 6.86. The van der Waals surface area contributed by atoms with Gasteiger partial charge < -0.3 is 14.4 Å². The summed E-state index contributed by atoms with van der Waals surface area (Å²) in [4.78, 5) is 25.9. The van der Waals surface area contributed by atoms with E-state index in [0.717, 1.165) is 17.3 Å². The summed E-state index contributed by atoms with van der Waals surface area (Å²) in [6.07, 6.45) is 1.35. The van der Waals surface area contributed by atoms with Gasteiger partial charge in [0.15, 0.2) is 0 Å². The standard InChI is InChI=1S/C17H22BrNO4/c1-17(2,3)23-16(21)19-10-4-5-14(19)11-22-15(20)12-6-8-13(18)9-7-12/h6-9,14H,4-5,10-11H2,1-3H3/t14-/m0/s1. The van der Waals surface area contributed by atoms with E-state index in [1.54, 1.807) is 29.2 Å². The summed E-state index contributed by atoms with van der Waals surface area (Å²) in [5.41, 5.74) is -0.0341. The molecule has 1 aliphatic heterocycles. The van der Waals surface area contributed by atoms with Gasteiger partial charge in [0.2, 0.25) is 0 Å². The molecule has 23 heavy (non-hydrogen) atoms. The van der Waals surface area contributed by atoms with Crippen LogP contribution in [-0.4, -0.2) is 41.8 Å². The third-order valence-corrected chi connectivity index (χ3v) is 4.02. The number of esters is 1. The first-order chi connectivity index (χ1) is 10.8. The number of rotatable bonds is 3. The molecule has 0 N–H and O–H groups in total. The molecule has 1 aromatic rings. The topological polar surface area (TPSA) is 55.8 Å². The van der Waals surface area contributed by atoms with E-state index in [4.69, 9.17) is 9.47 Å². The van der Waals surface area contributed by atoms with Crippen molar-refractivity contribution < 1.29 is 19.1 Å². The second-order valence-electron chi connectivity index (χ2n) is 6.58. The van der Waals surface area contributed by atoms with Crippen LogP contribution < -0.4 is 0 Å². The van der Waals surface area contributed by atoms with Crippen LogP contribution in [0.25, 0.3) is 0 Å². The Morgan fingerprint density at radius 3 is 2.52 bits per heavy atom. The summed E-state index contributed by atoms with van der Waals surface area (Å²) < 4.78 is 11.7. The van der Waals surface area contributed by atoms with Gasteiger partial charge in [-0.2, -0.15) is 0 Å². The molecule has 2 rings (SSSR count). The van der Waals surface area contributed by atoms with Crippen molar-refractivity contribution in [2.45, 2.75) is 45.3 Å². The van der Waals surface area contributed by atoms with Crippen molar-refractivity contribution in [1.29, 1.82) is 0 Å². The van der Waals surface area contributed by atoms with Crippen molar-refractivity contribution in [1.82, 2.24) is 4.90 Å². The van der Waals surface area contributed by atoms with Gasteiger partial charge in [-0.1, -0.05) is 15.9 Å². The van der Waals surface area contributed by atoms with Gasteiger partial charge >= 0.3 is 12.1 Å². The Hall–Kier alpha value is -1.56. The van der Waals surface area contributed by atoms with Crippen LogP contribution in [0.2, 0.25) is 0 Å². The Bertz CT molecular complexity index is 565. The largest absolute Gasteiger partial charge is 0.460 e. The first-order valence-electron chi connectivity index (χ1n) is 7.68. The summed E-state index contributed by atoms with van der Waals surface area (Å²) in [7, 11) is 0. The maximum atomic E-state index is 12.2. The molecule has 1 atom stereocenters. The summed E-state index contributed by atoms with van der Waals surface area (Å²) in [6.45, 7) is 6.33. The maximum Gasteiger partial charge on any atom is 0.410 e. The number of hydrogen-bond donors (Lipinski definition) is 0. The van der Waals surface area contributed by atoms with Crippen molar-refractivity contribution in [2.24, 2.45) is 0 Å². The zero-order valence-electron chi connectivity index (χ0n) is 13.7. The van der Waals surface area contributed by atoms with E-state index in [2.05, 4.69) is 15.9 Å². The number of nitrogens with zero attached hydrogens (tertiary/aromatic N) is 1. The van der Waals surface area contributed by atoms with E-state index >= 15 is 0 Å². The predicted octanol–water partition coefficient (Wildman–Crippen LogP) is 4.01. The Kier molecular flexibility index (Phi) is 5.68. The number of halogens is 1. The van der Waals surface area contributed by atoms with Gasteiger partial charge in [-0.3, -0.25) is 0 Å². The molecule has 126 valence electrons. The fourth-order valence-electron chi connectivity index (χ4n) is 2.41. The lowest BCUT2D eigenvalue weighted by Crippen LogP contribution is -2.42. The third kappa shape index (κ3) is 5.23.